The summed E-state index contributed by atoms with van der Waals surface area (Å²) in [4.78, 5) is 2.09. The first-order chi connectivity index (χ1) is 6.59. The van der Waals surface area contributed by atoms with E-state index in [-0.39, 0.29) is 0 Å². The lowest BCUT2D eigenvalue weighted by molar-refractivity contribution is 0.0657. The van der Waals surface area contributed by atoms with Gasteiger partial charge < -0.3 is 9.64 Å². The minimum Gasteiger partial charge on any atom is -0.378 e. The molecule has 0 aliphatic heterocycles. The number of hydrogen-bond acceptors (Lipinski definition) is 2. The van der Waals surface area contributed by atoms with Crippen LogP contribution in [-0.4, -0.2) is 20.2 Å². The Hall–Kier alpha value is -1.02. The number of ether oxygens (including phenoxy) is 1. The Balaban J connectivity index is 2.55. The van der Waals surface area contributed by atoms with Crippen molar-refractivity contribution in [3.63, 3.8) is 0 Å². The first-order valence-electron chi connectivity index (χ1n) is 4.97. The van der Waals surface area contributed by atoms with Gasteiger partial charge in [-0.2, -0.15) is 0 Å². The first kappa shape index (κ1) is 11.1. The zero-order valence-electron chi connectivity index (χ0n) is 9.45. The summed E-state index contributed by atoms with van der Waals surface area (Å²) >= 11 is 0. The topological polar surface area (TPSA) is 12.5 Å². The zero-order valence-corrected chi connectivity index (χ0v) is 9.45. The van der Waals surface area contributed by atoms with E-state index in [1.54, 1.807) is 0 Å². The summed E-state index contributed by atoms with van der Waals surface area (Å²) in [5.74, 6) is 0. The number of anilines is 1. The molecule has 1 aromatic rings. The Morgan fingerprint density at radius 3 is 2.14 bits per heavy atom. The minimum absolute atomic E-state index is 0.295. The van der Waals surface area contributed by atoms with Gasteiger partial charge in [0.2, 0.25) is 0 Å². The lowest BCUT2D eigenvalue weighted by atomic mass is 10.2. The number of nitrogens with zero attached hydrogens (tertiary/aromatic N) is 1. The number of rotatable bonds is 4. The lowest BCUT2D eigenvalue weighted by Crippen LogP contribution is -2.08. The third kappa shape index (κ3) is 3.38. The zero-order chi connectivity index (χ0) is 10.6. The lowest BCUT2D eigenvalue weighted by Gasteiger charge is -2.13. The molecule has 2 nitrogen and oxygen atoms in total. The third-order valence-electron chi connectivity index (χ3n) is 2.04. The Morgan fingerprint density at radius 1 is 1.14 bits per heavy atom. The molecule has 0 heterocycles. The molecule has 0 spiro atoms. The molecule has 2 heteroatoms. The Morgan fingerprint density at radius 2 is 1.71 bits per heavy atom. The van der Waals surface area contributed by atoms with E-state index < -0.39 is 0 Å². The maximum Gasteiger partial charge on any atom is 0.0720 e. The van der Waals surface area contributed by atoms with Crippen molar-refractivity contribution in [2.45, 2.75) is 26.6 Å². The highest BCUT2D eigenvalue weighted by molar-refractivity contribution is 5.45. The van der Waals surface area contributed by atoms with Crippen molar-refractivity contribution < 1.29 is 4.74 Å². The normalized spacial score (nSPS) is 10.6. The second kappa shape index (κ2) is 5.01. The third-order valence-corrected chi connectivity index (χ3v) is 2.04. The van der Waals surface area contributed by atoms with Gasteiger partial charge in [-0.3, -0.25) is 0 Å². The second-order valence-corrected chi connectivity index (χ2v) is 3.92. The van der Waals surface area contributed by atoms with Gasteiger partial charge in [-0.05, 0) is 31.5 Å². The molecule has 0 unspecified atom stereocenters. The van der Waals surface area contributed by atoms with Crippen LogP contribution >= 0.6 is 0 Å². The van der Waals surface area contributed by atoms with Crippen LogP contribution in [0.5, 0.6) is 0 Å². The van der Waals surface area contributed by atoms with Crippen molar-refractivity contribution >= 4 is 5.69 Å². The van der Waals surface area contributed by atoms with Gasteiger partial charge in [0.1, 0.15) is 0 Å². The first-order valence-corrected chi connectivity index (χ1v) is 4.97. The molecule has 0 aliphatic rings. The summed E-state index contributed by atoms with van der Waals surface area (Å²) in [6.07, 6.45) is 0.295. The smallest absolute Gasteiger partial charge is 0.0720 e. The monoisotopic (exact) mass is 193 g/mol. The SMILES string of the molecule is CC(C)OCc1ccc(N(C)C)cc1. The average molecular weight is 193 g/mol. The predicted octanol–water partition coefficient (Wildman–Crippen LogP) is 2.68. The summed E-state index contributed by atoms with van der Waals surface area (Å²) in [7, 11) is 4.08. The van der Waals surface area contributed by atoms with Crippen LogP contribution in [0.1, 0.15) is 19.4 Å². The van der Waals surface area contributed by atoms with Gasteiger partial charge in [0.05, 0.1) is 12.7 Å². The summed E-state index contributed by atoms with van der Waals surface area (Å²) in [6, 6.07) is 8.44. The maximum absolute atomic E-state index is 5.51. The molecule has 1 rings (SSSR count). The van der Waals surface area contributed by atoms with E-state index in [0.29, 0.717) is 12.7 Å². The Kier molecular flexibility index (Phi) is 3.96. The quantitative estimate of drug-likeness (QED) is 0.729. The van der Waals surface area contributed by atoms with Gasteiger partial charge in [0.25, 0.3) is 0 Å². The summed E-state index contributed by atoms with van der Waals surface area (Å²) in [6.45, 7) is 4.80. The summed E-state index contributed by atoms with van der Waals surface area (Å²) in [5, 5.41) is 0. The molecule has 1 aromatic carbocycles. The van der Waals surface area contributed by atoms with E-state index >= 15 is 0 Å². The van der Waals surface area contributed by atoms with Gasteiger partial charge in [-0.25, -0.2) is 0 Å². The molecular formula is C12H19NO. The van der Waals surface area contributed by atoms with E-state index in [0.717, 1.165) is 0 Å². The highest BCUT2D eigenvalue weighted by Crippen LogP contribution is 2.13. The van der Waals surface area contributed by atoms with Crippen LogP contribution in [0.15, 0.2) is 24.3 Å². The average Bonchev–Trinajstić information content (AvgIpc) is 2.15. The minimum atomic E-state index is 0.295. The van der Waals surface area contributed by atoms with Crippen LogP contribution in [0.4, 0.5) is 5.69 Å². The molecule has 0 aromatic heterocycles. The summed E-state index contributed by atoms with van der Waals surface area (Å²) in [5.41, 5.74) is 2.45. The molecule has 0 atom stereocenters. The fraction of sp³-hybridized carbons (Fsp3) is 0.500. The molecular weight excluding hydrogens is 174 g/mol. The van der Waals surface area contributed by atoms with Crippen LogP contribution in [0.3, 0.4) is 0 Å². The Bertz CT molecular complexity index is 264. The van der Waals surface area contributed by atoms with Gasteiger partial charge in [0.15, 0.2) is 0 Å². The molecule has 78 valence electrons. The fourth-order valence-corrected chi connectivity index (χ4v) is 1.15. The van der Waals surface area contributed by atoms with Crippen LogP contribution in [-0.2, 0) is 11.3 Å². The molecule has 0 radical (unpaired) electrons. The van der Waals surface area contributed by atoms with Crippen LogP contribution in [0.25, 0.3) is 0 Å². The van der Waals surface area contributed by atoms with E-state index in [4.69, 9.17) is 4.74 Å². The highest BCUT2D eigenvalue weighted by Gasteiger charge is 1.97. The van der Waals surface area contributed by atoms with Crippen molar-refractivity contribution in [3.8, 4) is 0 Å². The number of benzene rings is 1. The van der Waals surface area contributed by atoms with Crippen molar-refractivity contribution in [1.82, 2.24) is 0 Å². The molecule has 0 saturated carbocycles. The van der Waals surface area contributed by atoms with Crippen LogP contribution in [0.2, 0.25) is 0 Å². The highest BCUT2D eigenvalue weighted by atomic mass is 16.5. The van der Waals surface area contributed by atoms with Crippen molar-refractivity contribution in [1.29, 1.82) is 0 Å². The maximum atomic E-state index is 5.51. The largest absolute Gasteiger partial charge is 0.378 e. The van der Waals surface area contributed by atoms with E-state index in [2.05, 4.69) is 29.2 Å². The molecule has 0 aliphatic carbocycles. The van der Waals surface area contributed by atoms with E-state index in [1.807, 2.05) is 27.9 Å². The number of hydrogen-bond donors (Lipinski definition) is 0. The van der Waals surface area contributed by atoms with Gasteiger partial charge in [-0.1, -0.05) is 12.1 Å². The standard InChI is InChI=1S/C12H19NO/c1-10(2)14-9-11-5-7-12(8-6-11)13(3)4/h5-8,10H,9H2,1-4H3. The predicted molar refractivity (Wildman–Crippen MR) is 60.7 cm³/mol. The molecule has 14 heavy (non-hydrogen) atoms. The fourth-order valence-electron chi connectivity index (χ4n) is 1.15. The summed E-state index contributed by atoms with van der Waals surface area (Å²) < 4.78 is 5.51. The van der Waals surface area contributed by atoms with E-state index in [9.17, 15) is 0 Å². The van der Waals surface area contributed by atoms with Crippen molar-refractivity contribution in [2.24, 2.45) is 0 Å². The molecule has 0 fully saturated rings. The van der Waals surface area contributed by atoms with Crippen LogP contribution in [0, 0.1) is 0 Å². The Labute approximate surface area is 86.5 Å². The van der Waals surface area contributed by atoms with Gasteiger partial charge in [0, 0.05) is 19.8 Å². The second-order valence-electron chi connectivity index (χ2n) is 3.92. The molecule has 0 N–H and O–H groups in total. The molecule has 0 saturated heterocycles. The van der Waals surface area contributed by atoms with Gasteiger partial charge in [-0.15, -0.1) is 0 Å². The van der Waals surface area contributed by atoms with Gasteiger partial charge >= 0.3 is 0 Å². The molecule has 0 amide bonds. The molecule has 0 bridgehead atoms. The van der Waals surface area contributed by atoms with E-state index in [1.165, 1.54) is 11.3 Å². The van der Waals surface area contributed by atoms with Crippen molar-refractivity contribution in [3.05, 3.63) is 29.8 Å². The van der Waals surface area contributed by atoms with Crippen molar-refractivity contribution in [2.75, 3.05) is 19.0 Å². The van der Waals surface area contributed by atoms with Crippen LogP contribution < -0.4 is 4.90 Å².